The number of para-hydroxylation sites is 1. The number of benzene rings is 1. The van der Waals surface area contributed by atoms with E-state index in [2.05, 4.69) is 4.98 Å². The minimum absolute atomic E-state index is 0.0555. The third-order valence-electron chi connectivity index (χ3n) is 4.37. The van der Waals surface area contributed by atoms with Gasteiger partial charge in [-0.1, -0.05) is 18.2 Å². The molecule has 0 fully saturated rings. The molecule has 7 nitrogen and oxygen atoms in total. The fourth-order valence-electron chi connectivity index (χ4n) is 3.25. The molecule has 3 aromatic rings. The Morgan fingerprint density at radius 3 is 2.81 bits per heavy atom. The number of nitrogens with two attached hydrogens (primary N) is 1. The lowest BCUT2D eigenvalue weighted by molar-refractivity contribution is -0.139. The van der Waals surface area contributed by atoms with E-state index in [1.807, 2.05) is 0 Å². The fraction of sp³-hybridized carbons (Fsp3) is 0.150. The molecule has 3 heterocycles. The molecule has 1 atom stereocenters. The second-order valence-electron chi connectivity index (χ2n) is 5.95. The first-order chi connectivity index (χ1) is 13.1. The number of fused-ring (bicyclic) bond motifs is 3. The lowest BCUT2D eigenvalue weighted by Crippen LogP contribution is -2.31. The van der Waals surface area contributed by atoms with Crippen molar-refractivity contribution in [2.75, 3.05) is 6.61 Å². The molecule has 0 unspecified atom stereocenters. The number of carbonyl (C=O) groups is 1. The van der Waals surface area contributed by atoms with Crippen LogP contribution in [0.15, 0.2) is 69.5 Å². The van der Waals surface area contributed by atoms with E-state index in [9.17, 15) is 9.59 Å². The predicted molar refractivity (Wildman–Crippen MR) is 97.0 cm³/mol. The Kier molecular flexibility index (Phi) is 4.12. The van der Waals surface area contributed by atoms with Crippen LogP contribution < -0.4 is 16.1 Å². The quantitative estimate of drug-likeness (QED) is 0.562. The molecule has 2 aromatic heterocycles. The minimum atomic E-state index is -0.803. The zero-order valence-electron chi connectivity index (χ0n) is 14.5. The van der Waals surface area contributed by atoms with Crippen molar-refractivity contribution in [3.05, 3.63) is 81.8 Å². The Morgan fingerprint density at radius 2 is 2.07 bits per heavy atom. The van der Waals surface area contributed by atoms with Gasteiger partial charge < -0.3 is 19.6 Å². The van der Waals surface area contributed by atoms with Crippen molar-refractivity contribution in [3.63, 3.8) is 0 Å². The Bertz CT molecular complexity index is 1120. The van der Waals surface area contributed by atoms with E-state index in [1.165, 1.54) is 0 Å². The van der Waals surface area contributed by atoms with Gasteiger partial charge in [0.05, 0.1) is 23.5 Å². The second-order valence-corrected chi connectivity index (χ2v) is 5.95. The molecule has 1 aromatic carbocycles. The summed E-state index contributed by atoms with van der Waals surface area (Å²) in [7, 11) is 0. The van der Waals surface area contributed by atoms with Crippen LogP contribution in [0.25, 0.3) is 11.0 Å². The van der Waals surface area contributed by atoms with E-state index in [0.717, 1.165) is 0 Å². The lowest BCUT2D eigenvalue weighted by atomic mass is 9.84. The fourth-order valence-corrected chi connectivity index (χ4v) is 3.25. The highest BCUT2D eigenvalue weighted by molar-refractivity contribution is 5.94. The Morgan fingerprint density at radius 1 is 1.26 bits per heavy atom. The number of hydrogen-bond acceptors (Lipinski definition) is 7. The smallest absolute Gasteiger partial charge is 0.344 e. The summed E-state index contributed by atoms with van der Waals surface area (Å²) in [5.74, 6) is -1.28. The maximum atomic E-state index is 12.8. The van der Waals surface area contributed by atoms with Gasteiger partial charge >= 0.3 is 11.6 Å². The van der Waals surface area contributed by atoms with E-state index < -0.39 is 17.5 Å². The van der Waals surface area contributed by atoms with Crippen LogP contribution in [0.1, 0.15) is 24.0 Å². The third-order valence-corrected chi connectivity index (χ3v) is 4.37. The van der Waals surface area contributed by atoms with Crippen LogP contribution in [0.5, 0.6) is 5.75 Å². The van der Waals surface area contributed by atoms with Crippen molar-refractivity contribution in [2.24, 2.45) is 5.73 Å². The van der Waals surface area contributed by atoms with Crippen molar-refractivity contribution >= 4 is 16.9 Å². The topological polar surface area (TPSA) is 105 Å². The highest BCUT2D eigenvalue weighted by atomic mass is 16.5. The molecule has 136 valence electrons. The molecule has 0 saturated carbocycles. The molecule has 1 aliphatic heterocycles. The molecule has 0 aliphatic carbocycles. The molecule has 1 aliphatic rings. The third kappa shape index (κ3) is 2.73. The molecule has 0 saturated heterocycles. The highest BCUT2D eigenvalue weighted by Gasteiger charge is 2.39. The summed E-state index contributed by atoms with van der Waals surface area (Å²) >= 11 is 0. The molecule has 2 N–H and O–H groups in total. The Labute approximate surface area is 154 Å². The number of rotatable bonds is 3. The summed E-state index contributed by atoms with van der Waals surface area (Å²) in [5, 5.41) is 0.590. The summed E-state index contributed by atoms with van der Waals surface area (Å²) in [6.45, 7) is 1.85. The average molecular weight is 364 g/mol. The minimum Gasteiger partial charge on any atom is -0.462 e. The predicted octanol–water partition coefficient (Wildman–Crippen LogP) is 2.45. The number of pyridine rings is 1. The normalized spacial score (nSPS) is 16.0. The van der Waals surface area contributed by atoms with Gasteiger partial charge in [-0.05, 0) is 30.7 Å². The second kappa shape index (κ2) is 6.60. The first kappa shape index (κ1) is 16.8. The summed E-state index contributed by atoms with van der Waals surface area (Å²) in [4.78, 5) is 29.5. The molecule has 0 spiro atoms. The standard InChI is InChI=1S/C20H16N2O5/c1-2-25-19(23)16-14(11-6-5-9-22-10-11)15-17(27-18(16)21)12-7-3-4-8-13(12)26-20(15)24/h3-10,14H,2,21H2,1H3/t14-/m1/s1. The van der Waals surface area contributed by atoms with Gasteiger partial charge in [0.25, 0.3) is 0 Å². The van der Waals surface area contributed by atoms with Crippen molar-refractivity contribution in [1.82, 2.24) is 4.98 Å². The van der Waals surface area contributed by atoms with Crippen LogP contribution in [0.3, 0.4) is 0 Å². The SMILES string of the molecule is CCOC(=O)C1=C(N)Oc2c(c(=O)oc3ccccc23)[C@H]1c1cccnc1. The maximum Gasteiger partial charge on any atom is 0.344 e. The van der Waals surface area contributed by atoms with Gasteiger partial charge in [0.2, 0.25) is 5.88 Å². The molecule has 0 radical (unpaired) electrons. The summed E-state index contributed by atoms with van der Waals surface area (Å²) in [5.41, 5.74) is 6.72. The van der Waals surface area contributed by atoms with E-state index in [1.54, 1.807) is 55.7 Å². The van der Waals surface area contributed by atoms with Gasteiger partial charge in [-0.25, -0.2) is 9.59 Å². The maximum absolute atomic E-state index is 12.8. The number of aromatic nitrogens is 1. The number of nitrogens with zero attached hydrogens (tertiary/aromatic N) is 1. The molecule has 27 heavy (non-hydrogen) atoms. The van der Waals surface area contributed by atoms with Crippen LogP contribution in [0.2, 0.25) is 0 Å². The van der Waals surface area contributed by atoms with Crippen LogP contribution in [-0.4, -0.2) is 17.6 Å². The van der Waals surface area contributed by atoms with Crippen molar-refractivity contribution in [1.29, 1.82) is 0 Å². The molecule has 0 bridgehead atoms. The van der Waals surface area contributed by atoms with Crippen LogP contribution in [0, 0.1) is 0 Å². The number of ether oxygens (including phenoxy) is 2. The molecule has 4 rings (SSSR count). The van der Waals surface area contributed by atoms with Crippen molar-refractivity contribution in [2.45, 2.75) is 12.8 Å². The first-order valence-electron chi connectivity index (χ1n) is 8.42. The van der Waals surface area contributed by atoms with Gasteiger partial charge in [-0.2, -0.15) is 0 Å². The summed E-state index contributed by atoms with van der Waals surface area (Å²) in [6, 6.07) is 10.5. The van der Waals surface area contributed by atoms with Gasteiger partial charge in [0.15, 0.2) is 5.75 Å². The van der Waals surface area contributed by atoms with Crippen LogP contribution >= 0.6 is 0 Å². The average Bonchev–Trinajstić information content (AvgIpc) is 2.68. The van der Waals surface area contributed by atoms with E-state index in [-0.39, 0.29) is 29.4 Å². The van der Waals surface area contributed by atoms with E-state index in [0.29, 0.717) is 16.5 Å². The van der Waals surface area contributed by atoms with E-state index in [4.69, 9.17) is 19.6 Å². The Hall–Kier alpha value is -3.61. The monoisotopic (exact) mass is 364 g/mol. The first-order valence-corrected chi connectivity index (χ1v) is 8.42. The zero-order chi connectivity index (χ0) is 19.0. The summed E-state index contributed by atoms with van der Waals surface area (Å²) < 4.78 is 16.3. The number of carbonyl (C=O) groups excluding carboxylic acids is 1. The molecule has 7 heteroatoms. The molecule has 0 amide bonds. The zero-order valence-corrected chi connectivity index (χ0v) is 14.5. The molecular weight excluding hydrogens is 348 g/mol. The van der Waals surface area contributed by atoms with Crippen molar-refractivity contribution < 1.29 is 18.7 Å². The van der Waals surface area contributed by atoms with Gasteiger partial charge in [-0.15, -0.1) is 0 Å². The number of esters is 1. The summed E-state index contributed by atoms with van der Waals surface area (Å²) in [6.07, 6.45) is 3.17. The van der Waals surface area contributed by atoms with Gasteiger partial charge in [-0.3, -0.25) is 4.98 Å². The van der Waals surface area contributed by atoms with Gasteiger partial charge in [0.1, 0.15) is 11.2 Å². The number of hydrogen-bond donors (Lipinski definition) is 1. The lowest BCUT2D eigenvalue weighted by Gasteiger charge is -2.27. The largest absolute Gasteiger partial charge is 0.462 e. The highest BCUT2D eigenvalue weighted by Crippen LogP contribution is 2.43. The van der Waals surface area contributed by atoms with Gasteiger partial charge in [0, 0.05) is 12.4 Å². The Balaban J connectivity index is 2.04. The van der Waals surface area contributed by atoms with E-state index >= 15 is 0 Å². The van der Waals surface area contributed by atoms with Crippen LogP contribution in [0.4, 0.5) is 0 Å². The molecular formula is C20H16N2O5. The van der Waals surface area contributed by atoms with Crippen molar-refractivity contribution in [3.8, 4) is 5.75 Å². The van der Waals surface area contributed by atoms with Crippen LogP contribution in [-0.2, 0) is 9.53 Å².